The van der Waals surface area contributed by atoms with E-state index in [1.165, 1.54) is 31.2 Å². The van der Waals surface area contributed by atoms with E-state index in [4.69, 9.17) is 48.6 Å². The van der Waals surface area contributed by atoms with Crippen LogP contribution in [0.4, 0.5) is 0 Å². The minimum absolute atomic E-state index is 0.0427. The van der Waals surface area contributed by atoms with Crippen LogP contribution in [-0.2, 0) is 20.8 Å². The molecule has 0 heterocycles. The van der Waals surface area contributed by atoms with E-state index in [9.17, 15) is 0 Å². The summed E-state index contributed by atoms with van der Waals surface area (Å²) in [6.07, 6.45) is 14.2. The molecule has 10 atom stereocenters. The summed E-state index contributed by atoms with van der Waals surface area (Å²) >= 11 is 0. The molecule has 1 aromatic rings. The molecule has 4 rings (SSSR count). The number of benzene rings is 1. The average Bonchev–Trinajstić information content (AvgIpc) is 3.51. The first-order valence-corrected chi connectivity index (χ1v) is 22.1. The molecule has 3 aliphatic rings. The topological polar surface area (TPSA) is 224 Å². The molecule has 12 N–H and O–H groups in total. The number of hydrogen-bond acceptors (Lipinski definition) is 7. The van der Waals surface area contributed by atoms with Crippen molar-refractivity contribution in [3.8, 4) is 0 Å². The Labute approximate surface area is 344 Å². The van der Waals surface area contributed by atoms with Gasteiger partial charge in [-0.05, 0) is 132 Å². The highest BCUT2D eigenvalue weighted by molar-refractivity contribution is 5.76. The van der Waals surface area contributed by atoms with E-state index in [0.29, 0.717) is 75.0 Å². The van der Waals surface area contributed by atoms with Gasteiger partial charge in [0.25, 0.3) is 0 Å². The van der Waals surface area contributed by atoms with Gasteiger partial charge >= 0.3 is 0 Å². The normalized spacial score (nSPS) is 29.5. The van der Waals surface area contributed by atoms with E-state index < -0.39 is 0 Å². The van der Waals surface area contributed by atoms with E-state index in [-0.39, 0.29) is 41.6 Å². The Morgan fingerprint density at radius 2 is 1.39 bits per heavy atom. The van der Waals surface area contributed by atoms with Crippen molar-refractivity contribution in [2.75, 3.05) is 53.0 Å². The maximum absolute atomic E-state index is 7.06. The number of aliphatic imine (C=N–C) groups is 3. The van der Waals surface area contributed by atoms with Gasteiger partial charge in [-0.2, -0.15) is 0 Å². The van der Waals surface area contributed by atoms with Crippen LogP contribution in [0.2, 0.25) is 0 Å². The zero-order chi connectivity index (χ0) is 41.2. The number of guanidine groups is 3. The fourth-order valence-electron chi connectivity index (χ4n) is 10.9. The molecule has 324 valence electrons. The monoisotopic (exact) mass is 797 g/mol. The summed E-state index contributed by atoms with van der Waals surface area (Å²) in [5.74, 6) is 3.51. The lowest BCUT2D eigenvalue weighted by atomic mass is 9.52. The van der Waals surface area contributed by atoms with Crippen LogP contribution in [0.15, 0.2) is 45.3 Å². The fraction of sp³-hybridized carbons (Fsp3) is 0.795. The number of rotatable bonds is 22. The van der Waals surface area contributed by atoms with Crippen molar-refractivity contribution in [1.82, 2.24) is 4.90 Å². The van der Waals surface area contributed by atoms with Crippen molar-refractivity contribution in [2.24, 2.45) is 90.3 Å². The standard InChI is InChI=1S/C44H80N10O3/c1-31-27-35(55-24-10-20-51-41(45)46)17-8-16-34-29-39(57-26-12-22-53-43(49)50)44(3)36(32(2)13-9-23-54(4)30-33-14-6-5-7-15-33)18-19-37(44)40(34)38(28-31)56-25-11-21-52-42(47)48/h5-7,14-15,31-32,34-40H,8-13,16-30H2,1-4H3,(H4,45,46,51)(H4,47,48,52)(H4,49,50,53)/t31?,32?,34-,35+,36?,37-,38+,39-,40?,44?/m0/s1. The summed E-state index contributed by atoms with van der Waals surface area (Å²) in [6, 6.07) is 10.8. The zero-order valence-electron chi connectivity index (χ0n) is 35.9. The molecule has 0 aromatic heterocycles. The highest BCUT2D eigenvalue weighted by atomic mass is 16.5. The predicted molar refractivity (Wildman–Crippen MR) is 234 cm³/mol. The lowest BCUT2D eigenvalue weighted by molar-refractivity contribution is -0.171. The summed E-state index contributed by atoms with van der Waals surface area (Å²) in [5, 5.41) is 0. The molecule has 0 radical (unpaired) electrons. The Morgan fingerprint density at radius 3 is 2.02 bits per heavy atom. The quantitative estimate of drug-likeness (QED) is 0.0526. The molecule has 13 nitrogen and oxygen atoms in total. The van der Waals surface area contributed by atoms with E-state index in [2.05, 4.69) is 78.0 Å². The summed E-state index contributed by atoms with van der Waals surface area (Å²) in [6.45, 7) is 13.3. The zero-order valence-corrected chi connectivity index (χ0v) is 35.9. The minimum Gasteiger partial charge on any atom is -0.378 e. The second-order valence-corrected chi connectivity index (χ2v) is 17.8. The molecule has 3 fully saturated rings. The van der Waals surface area contributed by atoms with E-state index in [1.807, 2.05) is 0 Å². The number of fused-ring (bicyclic) bond motifs is 3. The van der Waals surface area contributed by atoms with Crippen LogP contribution in [-0.4, -0.2) is 94.1 Å². The van der Waals surface area contributed by atoms with Gasteiger partial charge in [0.05, 0.1) is 18.3 Å². The minimum atomic E-state index is 0.0427. The fourth-order valence-corrected chi connectivity index (χ4v) is 10.9. The second kappa shape index (κ2) is 24.1. The Morgan fingerprint density at radius 1 is 0.772 bits per heavy atom. The number of hydrogen-bond donors (Lipinski definition) is 6. The molecular formula is C44H80N10O3. The molecule has 5 unspecified atom stereocenters. The third-order valence-corrected chi connectivity index (χ3v) is 13.4. The third kappa shape index (κ3) is 14.9. The molecule has 0 aliphatic heterocycles. The SMILES string of the molecule is CC1C[C@H](OCCCN=C(N)N)CCC[C@H]2C[C@H](OCCCN=C(N)N)C3(C)C(C(C)CCCN(C)Cc4ccccc4)CC[C@H]3C2[C@H](OCCCN=C(N)N)C1. The Bertz CT molecular complexity index is 1370. The highest BCUT2D eigenvalue weighted by Crippen LogP contribution is 2.64. The number of nitrogens with zero attached hydrogens (tertiary/aromatic N) is 4. The summed E-state index contributed by atoms with van der Waals surface area (Å²) in [4.78, 5) is 15.1. The average molecular weight is 797 g/mol. The van der Waals surface area contributed by atoms with Crippen LogP contribution in [0.3, 0.4) is 0 Å². The van der Waals surface area contributed by atoms with Crippen LogP contribution < -0.4 is 34.4 Å². The van der Waals surface area contributed by atoms with Gasteiger partial charge in [-0.25, -0.2) is 0 Å². The number of nitrogens with two attached hydrogens (primary N) is 6. The van der Waals surface area contributed by atoms with E-state index in [1.54, 1.807) is 0 Å². The van der Waals surface area contributed by atoms with Gasteiger partial charge in [-0.1, -0.05) is 57.5 Å². The molecule has 0 bridgehead atoms. The lowest BCUT2D eigenvalue weighted by Crippen LogP contribution is -2.56. The van der Waals surface area contributed by atoms with Crippen LogP contribution in [0.25, 0.3) is 0 Å². The van der Waals surface area contributed by atoms with Gasteiger partial charge < -0.3 is 53.5 Å². The Kier molecular flexibility index (Phi) is 19.7. The van der Waals surface area contributed by atoms with Crippen LogP contribution in [0.5, 0.6) is 0 Å². The Hall–Kier alpha value is -3.13. The molecular weight excluding hydrogens is 717 g/mol. The molecule has 0 saturated heterocycles. The first kappa shape index (κ1) is 46.6. The van der Waals surface area contributed by atoms with Gasteiger partial charge in [-0.3, -0.25) is 15.0 Å². The first-order chi connectivity index (χ1) is 27.4. The number of ether oxygens (including phenoxy) is 3. The van der Waals surface area contributed by atoms with Crippen molar-refractivity contribution in [2.45, 2.75) is 129 Å². The molecule has 0 amide bonds. The van der Waals surface area contributed by atoms with E-state index >= 15 is 0 Å². The summed E-state index contributed by atoms with van der Waals surface area (Å²) < 4.78 is 20.6. The molecule has 3 saturated carbocycles. The van der Waals surface area contributed by atoms with Gasteiger partial charge in [0.15, 0.2) is 17.9 Å². The van der Waals surface area contributed by atoms with Gasteiger partial charge in [0.1, 0.15) is 0 Å². The Balaban J connectivity index is 1.55. The van der Waals surface area contributed by atoms with Crippen LogP contribution in [0.1, 0.15) is 110 Å². The van der Waals surface area contributed by atoms with Gasteiger partial charge in [0.2, 0.25) is 0 Å². The van der Waals surface area contributed by atoms with Gasteiger partial charge in [0, 0.05) is 51.4 Å². The van der Waals surface area contributed by atoms with Crippen molar-refractivity contribution >= 4 is 17.9 Å². The molecule has 0 spiro atoms. The smallest absolute Gasteiger partial charge is 0.185 e. The predicted octanol–water partition coefficient (Wildman–Crippen LogP) is 4.95. The third-order valence-electron chi connectivity index (χ3n) is 13.4. The van der Waals surface area contributed by atoms with Crippen molar-refractivity contribution < 1.29 is 14.2 Å². The maximum Gasteiger partial charge on any atom is 0.185 e. The van der Waals surface area contributed by atoms with Crippen LogP contribution in [0, 0.1) is 40.9 Å². The van der Waals surface area contributed by atoms with E-state index in [0.717, 1.165) is 70.9 Å². The second-order valence-electron chi connectivity index (χ2n) is 17.8. The van der Waals surface area contributed by atoms with Crippen molar-refractivity contribution in [3.05, 3.63) is 35.9 Å². The molecule has 1 aromatic carbocycles. The van der Waals surface area contributed by atoms with Gasteiger partial charge in [-0.15, -0.1) is 0 Å². The maximum atomic E-state index is 7.06. The van der Waals surface area contributed by atoms with Crippen LogP contribution >= 0.6 is 0 Å². The summed E-state index contributed by atoms with van der Waals surface area (Å²) in [7, 11) is 2.25. The molecule has 3 aliphatic carbocycles. The highest BCUT2D eigenvalue weighted by Gasteiger charge is 2.61. The lowest BCUT2D eigenvalue weighted by Gasteiger charge is -2.56. The van der Waals surface area contributed by atoms with Crippen molar-refractivity contribution in [1.29, 1.82) is 0 Å². The first-order valence-electron chi connectivity index (χ1n) is 22.1. The molecule has 57 heavy (non-hydrogen) atoms. The largest absolute Gasteiger partial charge is 0.378 e. The summed E-state index contributed by atoms with van der Waals surface area (Å²) in [5.41, 5.74) is 35.1. The molecule has 13 heteroatoms. The van der Waals surface area contributed by atoms with Crippen molar-refractivity contribution in [3.63, 3.8) is 0 Å².